The Morgan fingerprint density at radius 2 is 2.28 bits per heavy atom. The number of benzene rings is 1. The van der Waals surface area contributed by atoms with E-state index in [1.165, 1.54) is 0 Å². The molecule has 0 saturated carbocycles. The third kappa shape index (κ3) is 5.21. The van der Waals surface area contributed by atoms with Crippen LogP contribution in [0.4, 0.5) is 5.69 Å². The van der Waals surface area contributed by atoms with E-state index < -0.39 is 0 Å². The fourth-order valence-electron chi connectivity index (χ4n) is 2.82. The van der Waals surface area contributed by atoms with Crippen molar-refractivity contribution in [1.82, 2.24) is 25.4 Å². The van der Waals surface area contributed by atoms with Gasteiger partial charge < -0.3 is 15.5 Å². The summed E-state index contributed by atoms with van der Waals surface area (Å²) in [6.45, 7) is 2.50. The Hall–Kier alpha value is -1.55. The average molecular weight is 476 g/mol. The van der Waals surface area contributed by atoms with Crippen molar-refractivity contribution in [2.24, 2.45) is 12.0 Å². The molecule has 1 unspecified atom stereocenters. The van der Waals surface area contributed by atoms with E-state index in [4.69, 9.17) is 11.6 Å². The van der Waals surface area contributed by atoms with Crippen LogP contribution in [0.5, 0.6) is 0 Å². The molecule has 2 heterocycles. The Morgan fingerprint density at radius 1 is 1.44 bits per heavy atom. The summed E-state index contributed by atoms with van der Waals surface area (Å²) in [5, 5.41) is 11.6. The normalized spacial score (nSPS) is 17.3. The van der Waals surface area contributed by atoms with Crippen LogP contribution >= 0.6 is 35.6 Å². The first-order valence-corrected chi connectivity index (χ1v) is 8.34. The van der Waals surface area contributed by atoms with Crippen molar-refractivity contribution in [3.05, 3.63) is 41.4 Å². The molecule has 1 aliphatic heterocycles. The fraction of sp³-hybridized carbons (Fsp3) is 0.438. The summed E-state index contributed by atoms with van der Waals surface area (Å²) in [6.07, 6.45) is 2.60. The molecule has 9 heteroatoms. The molecule has 1 aromatic heterocycles. The molecule has 0 radical (unpaired) electrons. The van der Waals surface area contributed by atoms with Crippen molar-refractivity contribution >= 4 is 47.2 Å². The van der Waals surface area contributed by atoms with Gasteiger partial charge in [0.2, 0.25) is 0 Å². The van der Waals surface area contributed by atoms with Crippen molar-refractivity contribution in [2.75, 3.05) is 25.0 Å². The first kappa shape index (κ1) is 19.8. The number of aryl methyl sites for hydroxylation is 1. The summed E-state index contributed by atoms with van der Waals surface area (Å²) in [6, 6.07) is 8.32. The molecule has 136 valence electrons. The van der Waals surface area contributed by atoms with Crippen LogP contribution in [0, 0.1) is 0 Å². The minimum absolute atomic E-state index is 0. The van der Waals surface area contributed by atoms with Gasteiger partial charge in [-0.25, -0.2) is 4.98 Å². The molecular formula is C16H23ClIN7. The molecule has 3 rings (SSSR count). The molecule has 1 atom stereocenters. The molecule has 2 N–H and O–H groups in total. The molecule has 2 aromatic rings. The van der Waals surface area contributed by atoms with E-state index in [2.05, 4.69) is 36.7 Å². The van der Waals surface area contributed by atoms with Crippen LogP contribution in [-0.4, -0.2) is 46.9 Å². The largest absolute Gasteiger partial charge is 0.369 e. The van der Waals surface area contributed by atoms with Gasteiger partial charge in [-0.15, -0.1) is 24.0 Å². The van der Waals surface area contributed by atoms with E-state index >= 15 is 0 Å². The van der Waals surface area contributed by atoms with Crippen LogP contribution < -0.4 is 15.5 Å². The van der Waals surface area contributed by atoms with Gasteiger partial charge in [0.1, 0.15) is 12.2 Å². The third-order valence-corrected chi connectivity index (χ3v) is 4.38. The molecular weight excluding hydrogens is 453 g/mol. The van der Waals surface area contributed by atoms with Gasteiger partial charge in [-0.2, -0.15) is 5.10 Å². The first-order valence-electron chi connectivity index (χ1n) is 7.96. The standard InChI is InChI=1S/C16H22ClN7.HI/c1-18-16(19-9-15-20-11-21-23(15)2)22-13-6-7-24(10-13)14-5-3-4-12(17)8-14;/h3-5,8,11,13H,6-7,9-10H2,1-2H3,(H2,18,19,22);1H. The zero-order valence-corrected chi connectivity index (χ0v) is 17.4. The Bertz CT molecular complexity index is 718. The first-order chi connectivity index (χ1) is 11.7. The number of hydrogen-bond acceptors (Lipinski definition) is 4. The highest BCUT2D eigenvalue weighted by atomic mass is 127. The minimum atomic E-state index is 0. The molecule has 0 bridgehead atoms. The number of guanidine groups is 1. The summed E-state index contributed by atoms with van der Waals surface area (Å²) in [4.78, 5) is 10.8. The highest BCUT2D eigenvalue weighted by Gasteiger charge is 2.23. The Morgan fingerprint density at radius 3 is 2.96 bits per heavy atom. The number of aromatic nitrogens is 3. The van der Waals surface area contributed by atoms with Crippen LogP contribution in [0.25, 0.3) is 0 Å². The summed E-state index contributed by atoms with van der Waals surface area (Å²) in [5.41, 5.74) is 1.16. The predicted molar refractivity (Wildman–Crippen MR) is 112 cm³/mol. The smallest absolute Gasteiger partial charge is 0.191 e. The van der Waals surface area contributed by atoms with Gasteiger partial charge in [0, 0.05) is 43.9 Å². The molecule has 0 amide bonds. The zero-order chi connectivity index (χ0) is 16.9. The topological polar surface area (TPSA) is 70.4 Å². The van der Waals surface area contributed by atoms with Crippen molar-refractivity contribution in [3.8, 4) is 0 Å². The lowest BCUT2D eigenvalue weighted by atomic mass is 10.3. The highest BCUT2D eigenvalue weighted by Crippen LogP contribution is 2.23. The van der Waals surface area contributed by atoms with Gasteiger partial charge in [0.05, 0.1) is 6.54 Å². The number of rotatable bonds is 4. The van der Waals surface area contributed by atoms with E-state index in [1.54, 1.807) is 18.1 Å². The van der Waals surface area contributed by atoms with E-state index in [9.17, 15) is 0 Å². The van der Waals surface area contributed by atoms with Crippen LogP contribution in [-0.2, 0) is 13.6 Å². The van der Waals surface area contributed by atoms with Crippen molar-refractivity contribution in [2.45, 2.75) is 19.0 Å². The summed E-state index contributed by atoms with van der Waals surface area (Å²) >= 11 is 6.08. The molecule has 25 heavy (non-hydrogen) atoms. The SMILES string of the molecule is CN=C(NCc1ncnn1C)NC1CCN(c2cccc(Cl)c2)C1.I. The maximum atomic E-state index is 6.08. The summed E-state index contributed by atoms with van der Waals surface area (Å²) in [7, 11) is 3.65. The molecule has 0 aliphatic carbocycles. The van der Waals surface area contributed by atoms with Gasteiger partial charge in [-0.3, -0.25) is 9.67 Å². The van der Waals surface area contributed by atoms with E-state index in [1.807, 2.05) is 25.2 Å². The zero-order valence-electron chi connectivity index (χ0n) is 14.3. The van der Waals surface area contributed by atoms with Crippen LogP contribution in [0.3, 0.4) is 0 Å². The lowest BCUT2D eigenvalue weighted by Gasteiger charge is -2.20. The molecule has 0 spiro atoms. The maximum absolute atomic E-state index is 6.08. The van der Waals surface area contributed by atoms with Gasteiger partial charge in [-0.05, 0) is 24.6 Å². The Kier molecular flexibility index (Phi) is 7.30. The van der Waals surface area contributed by atoms with Crippen molar-refractivity contribution < 1.29 is 0 Å². The summed E-state index contributed by atoms with van der Waals surface area (Å²) < 4.78 is 1.75. The molecule has 1 saturated heterocycles. The molecule has 1 aliphatic rings. The number of nitrogens with one attached hydrogen (secondary N) is 2. The van der Waals surface area contributed by atoms with Gasteiger partial charge in [-0.1, -0.05) is 17.7 Å². The van der Waals surface area contributed by atoms with E-state index in [0.29, 0.717) is 12.6 Å². The number of aliphatic imine (C=N–C) groups is 1. The van der Waals surface area contributed by atoms with Gasteiger partial charge in [0.15, 0.2) is 5.96 Å². The predicted octanol–water partition coefficient (Wildman–Crippen LogP) is 2.03. The lowest BCUT2D eigenvalue weighted by molar-refractivity contribution is 0.632. The van der Waals surface area contributed by atoms with E-state index in [-0.39, 0.29) is 24.0 Å². The van der Waals surface area contributed by atoms with Gasteiger partial charge >= 0.3 is 0 Å². The lowest BCUT2D eigenvalue weighted by Crippen LogP contribution is -2.44. The second kappa shape index (κ2) is 9.23. The second-order valence-corrected chi connectivity index (χ2v) is 6.22. The van der Waals surface area contributed by atoms with Gasteiger partial charge in [0.25, 0.3) is 0 Å². The average Bonchev–Trinajstić information content (AvgIpc) is 3.20. The fourth-order valence-corrected chi connectivity index (χ4v) is 3.00. The number of nitrogens with zero attached hydrogens (tertiary/aromatic N) is 5. The summed E-state index contributed by atoms with van der Waals surface area (Å²) in [5.74, 6) is 1.64. The maximum Gasteiger partial charge on any atom is 0.191 e. The second-order valence-electron chi connectivity index (χ2n) is 5.78. The van der Waals surface area contributed by atoms with Crippen LogP contribution in [0.1, 0.15) is 12.2 Å². The highest BCUT2D eigenvalue weighted by molar-refractivity contribution is 14.0. The van der Waals surface area contributed by atoms with Crippen molar-refractivity contribution in [1.29, 1.82) is 0 Å². The minimum Gasteiger partial charge on any atom is -0.369 e. The molecule has 7 nitrogen and oxygen atoms in total. The van der Waals surface area contributed by atoms with E-state index in [0.717, 1.165) is 42.0 Å². The van der Waals surface area contributed by atoms with Crippen LogP contribution in [0.15, 0.2) is 35.6 Å². The van der Waals surface area contributed by atoms with Crippen LogP contribution in [0.2, 0.25) is 5.02 Å². The Labute approximate surface area is 169 Å². The molecule has 1 aromatic carbocycles. The quantitative estimate of drug-likeness (QED) is 0.402. The third-order valence-electron chi connectivity index (χ3n) is 4.15. The number of anilines is 1. The molecule has 1 fully saturated rings. The monoisotopic (exact) mass is 475 g/mol. The number of halogens is 2. The van der Waals surface area contributed by atoms with Crippen molar-refractivity contribution in [3.63, 3.8) is 0 Å². The Balaban J connectivity index is 0.00000225. The number of hydrogen-bond donors (Lipinski definition) is 2.